The van der Waals surface area contributed by atoms with Gasteiger partial charge in [0.2, 0.25) is 0 Å². The smallest absolute Gasteiger partial charge is 0.325 e. The van der Waals surface area contributed by atoms with Gasteiger partial charge in [-0.25, -0.2) is 0 Å². The second kappa shape index (κ2) is 4.98. The van der Waals surface area contributed by atoms with Gasteiger partial charge in [0.25, 0.3) is 0 Å². The van der Waals surface area contributed by atoms with Crippen LogP contribution in [0.25, 0.3) is 0 Å². The lowest BCUT2D eigenvalue weighted by Crippen LogP contribution is -2.20. The van der Waals surface area contributed by atoms with Crippen molar-refractivity contribution >= 4 is 34.1 Å². The van der Waals surface area contributed by atoms with Crippen LogP contribution in [0.5, 0.6) is 0 Å². The van der Waals surface area contributed by atoms with Gasteiger partial charge in [-0.1, -0.05) is 41.6 Å². The Kier molecular flexibility index (Phi) is 3.16. The Labute approximate surface area is 120 Å². The molecule has 1 aliphatic heterocycles. The summed E-state index contributed by atoms with van der Waals surface area (Å²) in [7, 11) is 0. The zero-order valence-electron chi connectivity index (χ0n) is 10.5. The molecule has 4 nitrogen and oxygen atoms in total. The van der Waals surface area contributed by atoms with Crippen molar-refractivity contribution in [2.75, 3.05) is 4.90 Å². The molecule has 1 N–H and O–H groups in total. The van der Waals surface area contributed by atoms with Crippen LogP contribution in [0.4, 0.5) is 16.2 Å². The maximum atomic E-state index is 11.9. The van der Waals surface area contributed by atoms with E-state index >= 15 is 0 Å². The number of hydrogen-bond acceptors (Lipinski definition) is 3. The molecule has 0 saturated carbocycles. The third kappa shape index (κ3) is 1.94. The number of oxime groups is 1. The molecule has 1 heterocycles. The fourth-order valence-electron chi connectivity index (χ4n) is 2.48. The van der Waals surface area contributed by atoms with Crippen molar-refractivity contribution < 1.29 is 10.0 Å². The predicted octanol–water partition coefficient (Wildman–Crippen LogP) is 3.92. The van der Waals surface area contributed by atoms with E-state index in [9.17, 15) is 10.0 Å². The maximum absolute atomic E-state index is 11.9. The average Bonchev–Trinajstić information content (AvgIpc) is 2.61. The molecule has 0 radical (unpaired) electrons. The topological polar surface area (TPSA) is 52.9 Å². The van der Waals surface area contributed by atoms with Crippen molar-refractivity contribution in [3.05, 3.63) is 59.7 Å². The van der Waals surface area contributed by atoms with Gasteiger partial charge in [0.05, 0.1) is 17.1 Å². The molecule has 100 valence electrons. The lowest BCUT2D eigenvalue weighted by Gasteiger charge is -2.21. The number of fused-ring (bicyclic) bond motifs is 2. The Hall–Kier alpha value is -2.33. The van der Waals surface area contributed by atoms with Gasteiger partial charge in [-0.05, 0) is 29.3 Å². The summed E-state index contributed by atoms with van der Waals surface area (Å²) in [4.78, 5) is 13.3. The number of rotatable bonds is 0. The first-order chi connectivity index (χ1) is 9.72. The summed E-state index contributed by atoms with van der Waals surface area (Å²) in [5, 5.41) is 12.0. The highest BCUT2D eigenvalue weighted by Gasteiger charge is 2.27. The quantitative estimate of drug-likeness (QED) is 0.345. The molecule has 2 aromatic rings. The number of benzene rings is 2. The van der Waals surface area contributed by atoms with Crippen LogP contribution in [0, 0.1) is 0 Å². The molecule has 3 rings (SSSR count). The van der Waals surface area contributed by atoms with Gasteiger partial charge in [0, 0.05) is 12.0 Å². The first-order valence-electron chi connectivity index (χ1n) is 6.10. The lowest BCUT2D eigenvalue weighted by molar-refractivity contribution is 0.266. The molecule has 1 amide bonds. The van der Waals surface area contributed by atoms with E-state index in [0.29, 0.717) is 29.1 Å². The van der Waals surface area contributed by atoms with Crippen molar-refractivity contribution in [2.45, 2.75) is 6.42 Å². The summed E-state index contributed by atoms with van der Waals surface area (Å²) in [5.41, 5.74) is 3.41. The van der Waals surface area contributed by atoms with Crippen LogP contribution in [0.1, 0.15) is 11.1 Å². The van der Waals surface area contributed by atoms with Gasteiger partial charge in [-0.15, -0.1) is 0 Å². The van der Waals surface area contributed by atoms with Crippen LogP contribution < -0.4 is 4.90 Å². The molecule has 2 aromatic carbocycles. The molecule has 0 spiro atoms. The molecule has 5 heteroatoms. The van der Waals surface area contributed by atoms with E-state index in [4.69, 9.17) is 11.6 Å². The van der Waals surface area contributed by atoms with Gasteiger partial charge in [-0.2, -0.15) is 0 Å². The van der Waals surface area contributed by atoms with Crippen LogP contribution in [-0.4, -0.2) is 16.3 Å². The molecular weight excluding hydrogens is 276 g/mol. The van der Waals surface area contributed by atoms with Gasteiger partial charge in [0.15, 0.2) is 0 Å². The van der Waals surface area contributed by atoms with Gasteiger partial charge >= 0.3 is 5.37 Å². The molecular formula is C15H11ClN2O2. The first kappa shape index (κ1) is 12.7. The lowest BCUT2D eigenvalue weighted by atomic mass is 10.0. The number of para-hydroxylation sites is 2. The van der Waals surface area contributed by atoms with Crippen molar-refractivity contribution in [1.82, 2.24) is 0 Å². The van der Waals surface area contributed by atoms with E-state index in [0.717, 1.165) is 5.56 Å². The summed E-state index contributed by atoms with van der Waals surface area (Å²) in [6.45, 7) is 0. The number of hydrogen-bond donors (Lipinski definition) is 1. The molecule has 20 heavy (non-hydrogen) atoms. The standard InChI is InChI=1S/C15H11ClN2O2/c16-15(19)18-13-7-3-1-5-10(13)9-12(17-20)11-6-2-4-8-14(11)18/h1-8,20H,9H2/b17-12-. The average molecular weight is 287 g/mol. The van der Waals surface area contributed by atoms with Crippen LogP contribution in [0.2, 0.25) is 0 Å². The summed E-state index contributed by atoms with van der Waals surface area (Å²) < 4.78 is 0. The number of anilines is 2. The first-order valence-corrected chi connectivity index (χ1v) is 6.48. The van der Waals surface area contributed by atoms with Crippen molar-refractivity contribution in [2.24, 2.45) is 5.16 Å². The molecule has 0 aromatic heterocycles. The fourth-order valence-corrected chi connectivity index (χ4v) is 2.66. The Morgan fingerprint density at radius 2 is 1.75 bits per heavy atom. The molecule has 1 aliphatic rings. The monoisotopic (exact) mass is 286 g/mol. The van der Waals surface area contributed by atoms with Crippen LogP contribution in [0.15, 0.2) is 53.7 Å². The molecule has 0 atom stereocenters. The van der Waals surface area contributed by atoms with E-state index in [1.807, 2.05) is 42.5 Å². The number of nitrogens with zero attached hydrogens (tertiary/aromatic N) is 2. The highest BCUT2D eigenvalue weighted by Crippen LogP contribution is 2.36. The Morgan fingerprint density at radius 1 is 1.10 bits per heavy atom. The second-order valence-corrected chi connectivity index (χ2v) is 4.78. The Balaban J connectivity index is 2.33. The van der Waals surface area contributed by atoms with Crippen molar-refractivity contribution in [3.8, 4) is 0 Å². The fraction of sp³-hybridized carbons (Fsp3) is 0.0667. The van der Waals surface area contributed by atoms with E-state index in [2.05, 4.69) is 5.16 Å². The van der Waals surface area contributed by atoms with E-state index in [1.165, 1.54) is 4.90 Å². The zero-order chi connectivity index (χ0) is 14.1. The van der Waals surface area contributed by atoms with Crippen LogP contribution >= 0.6 is 11.6 Å². The van der Waals surface area contributed by atoms with E-state index in [1.54, 1.807) is 6.07 Å². The normalized spacial score (nSPS) is 15.4. The molecule has 0 unspecified atom stereocenters. The highest BCUT2D eigenvalue weighted by atomic mass is 35.5. The molecule has 0 aliphatic carbocycles. The van der Waals surface area contributed by atoms with Gasteiger partial charge < -0.3 is 5.21 Å². The molecule has 0 fully saturated rings. The summed E-state index contributed by atoms with van der Waals surface area (Å²) in [6.07, 6.45) is 0.435. The number of carbonyl (C=O) groups is 1. The molecule has 0 bridgehead atoms. The summed E-state index contributed by atoms with van der Waals surface area (Å²) in [5.74, 6) is 0. The zero-order valence-corrected chi connectivity index (χ0v) is 11.2. The minimum absolute atomic E-state index is 0.435. The largest absolute Gasteiger partial charge is 0.411 e. The van der Waals surface area contributed by atoms with E-state index in [-0.39, 0.29) is 0 Å². The van der Waals surface area contributed by atoms with Gasteiger partial charge in [-0.3, -0.25) is 9.69 Å². The third-order valence-electron chi connectivity index (χ3n) is 3.34. The third-order valence-corrected chi connectivity index (χ3v) is 3.51. The highest BCUT2D eigenvalue weighted by molar-refractivity contribution is 6.67. The maximum Gasteiger partial charge on any atom is 0.325 e. The van der Waals surface area contributed by atoms with Crippen molar-refractivity contribution in [1.29, 1.82) is 0 Å². The second-order valence-electron chi connectivity index (χ2n) is 4.46. The Morgan fingerprint density at radius 3 is 2.45 bits per heavy atom. The summed E-state index contributed by atoms with van der Waals surface area (Å²) >= 11 is 5.76. The van der Waals surface area contributed by atoms with Gasteiger partial charge in [0.1, 0.15) is 0 Å². The van der Waals surface area contributed by atoms with E-state index < -0.39 is 5.37 Å². The SMILES string of the molecule is O=C(Cl)N1c2ccccc2C/C(=N/O)c2ccccc21. The van der Waals surface area contributed by atoms with Crippen LogP contribution in [0.3, 0.4) is 0 Å². The van der Waals surface area contributed by atoms with Crippen molar-refractivity contribution in [3.63, 3.8) is 0 Å². The minimum atomic E-state index is -0.593. The predicted molar refractivity (Wildman–Crippen MR) is 78.3 cm³/mol. The summed E-state index contributed by atoms with van der Waals surface area (Å²) in [6, 6.07) is 14.7. The van der Waals surface area contributed by atoms with Crippen LogP contribution in [-0.2, 0) is 6.42 Å². The number of amides is 1. The Bertz CT molecular complexity index is 713. The number of halogens is 1. The minimum Gasteiger partial charge on any atom is -0.411 e. The number of carbonyl (C=O) groups excluding carboxylic acids is 1. The molecule has 0 saturated heterocycles.